The molecule has 3 aliphatic rings. The second-order valence-corrected chi connectivity index (χ2v) is 7.54. The predicted octanol–water partition coefficient (Wildman–Crippen LogP) is 2.57. The number of likely N-dealkylation sites (tertiary alicyclic amines) is 1. The van der Waals surface area contributed by atoms with Gasteiger partial charge < -0.3 is 9.64 Å². The van der Waals surface area contributed by atoms with Crippen LogP contribution < -0.4 is 0 Å². The Morgan fingerprint density at radius 2 is 1.88 bits per heavy atom. The maximum Gasteiger partial charge on any atom is 0.251 e. The van der Waals surface area contributed by atoms with Gasteiger partial charge in [0, 0.05) is 25.7 Å². The first-order valence-electron chi connectivity index (χ1n) is 9.00. The Kier molecular flexibility index (Phi) is 4.09. The Morgan fingerprint density at radius 3 is 2.50 bits per heavy atom. The third kappa shape index (κ3) is 3.20. The van der Waals surface area contributed by atoms with Crippen LogP contribution in [0, 0.1) is 5.82 Å². The van der Waals surface area contributed by atoms with E-state index in [1.54, 1.807) is 0 Å². The number of nitrogens with zero attached hydrogens (tertiary/aromatic N) is 2. The van der Waals surface area contributed by atoms with Crippen LogP contribution in [0.5, 0.6) is 0 Å². The molecule has 0 bridgehead atoms. The van der Waals surface area contributed by atoms with Crippen LogP contribution >= 0.6 is 0 Å². The second kappa shape index (κ2) is 6.12. The van der Waals surface area contributed by atoms with Crippen LogP contribution in [0.1, 0.15) is 38.2 Å². The summed E-state index contributed by atoms with van der Waals surface area (Å²) < 4.78 is 19.2. The Bertz CT molecular complexity index is 606. The van der Waals surface area contributed by atoms with E-state index in [0.29, 0.717) is 6.04 Å². The summed E-state index contributed by atoms with van der Waals surface area (Å²) in [7, 11) is 0. The number of piperidine rings is 1. The minimum Gasteiger partial charge on any atom is -0.360 e. The number of hydrogen-bond acceptors (Lipinski definition) is 3. The van der Waals surface area contributed by atoms with Crippen molar-refractivity contribution in [1.82, 2.24) is 9.80 Å². The maximum absolute atomic E-state index is 13.0. The Labute approximate surface area is 142 Å². The van der Waals surface area contributed by atoms with Crippen LogP contribution in [0.3, 0.4) is 0 Å². The van der Waals surface area contributed by atoms with Gasteiger partial charge in [0.15, 0.2) is 0 Å². The van der Waals surface area contributed by atoms with Crippen molar-refractivity contribution in [3.63, 3.8) is 0 Å². The van der Waals surface area contributed by atoms with Crippen LogP contribution in [0.25, 0.3) is 0 Å². The molecule has 1 amide bonds. The molecule has 5 heteroatoms. The van der Waals surface area contributed by atoms with Gasteiger partial charge in [-0.05, 0) is 50.3 Å². The predicted molar refractivity (Wildman–Crippen MR) is 88.9 cm³/mol. The SMILES string of the molecule is C[C@@H]1OC2(CCN(Cc3ccc(F)cc3)CC2)CN(C2CC2)C1=O. The zero-order valence-electron chi connectivity index (χ0n) is 14.2. The number of carbonyl (C=O) groups excluding carboxylic acids is 1. The fourth-order valence-corrected chi connectivity index (χ4v) is 4.02. The standard InChI is InChI=1S/C19H25FN2O2/c1-14-18(23)22(17-6-7-17)13-19(24-14)8-10-21(11-9-19)12-15-2-4-16(20)5-3-15/h2-5,14,17H,6-13H2,1H3/t14-/m0/s1. The van der Waals surface area contributed by atoms with Gasteiger partial charge in [0.05, 0.1) is 12.1 Å². The van der Waals surface area contributed by atoms with Crippen molar-refractivity contribution in [3.8, 4) is 0 Å². The van der Waals surface area contributed by atoms with Gasteiger partial charge in [-0.3, -0.25) is 9.69 Å². The molecule has 0 N–H and O–H groups in total. The monoisotopic (exact) mass is 332 g/mol. The van der Waals surface area contributed by atoms with Crippen LogP contribution in [0.2, 0.25) is 0 Å². The molecular weight excluding hydrogens is 307 g/mol. The fourth-order valence-electron chi connectivity index (χ4n) is 4.02. The summed E-state index contributed by atoms with van der Waals surface area (Å²) in [5, 5.41) is 0. The number of carbonyl (C=O) groups is 1. The molecule has 4 rings (SSSR count). The molecule has 130 valence electrons. The zero-order valence-corrected chi connectivity index (χ0v) is 14.2. The first-order chi connectivity index (χ1) is 11.5. The summed E-state index contributed by atoms with van der Waals surface area (Å²) in [4.78, 5) is 16.8. The highest BCUT2D eigenvalue weighted by Gasteiger charge is 2.48. The highest BCUT2D eigenvalue weighted by Crippen LogP contribution is 2.38. The van der Waals surface area contributed by atoms with Gasteiger partial charge in [0.1, 0.15) is 11.9 Å². The van der Waals surface area contributed by atoms with E-state index in [9.17, 15) is 9.18 Å². The van der Waals surface area contributed by atoms with Crippen LogP contribution in [0.15, 0.2) is 24.3 Å². The summed E-state index contributed by atoms with van der Waals surface area (Å²) in [5.41, 5.74) is 0.968. The van der Waals surface area contributed by atoms with Crippen molar-refractivity contribution in [2.75, 3.05) is 19.6 Å². The van der Waals surface area contributed by atoms with E-state index in [1.807, 2.05) is 19.1 Å². The van der Waals surface area contributed by atoms with Crippen LogP contribution in [0.4, 0.5) is 4.39 Å². The summed E-state index contributed by atoms with van der Waals surface area (Å²) in [6.45, 7) is 5.40. The van der Waals surface area contributed by atoms with E-state index in [0.717, 1.165) is 57.4 Å². The molecule has 2 heterocycles. The van der Waals surface area contributed by atoms with Crippen LogP contribution in [-0.2, 0) is 16.1 Å². The van der Waals surface area contributed by atoms with Crippen molar-refractivity contribution < 1.29 is 13.9 Å². The van der Waals surface area contributed by atoms with Crippen molar-refractivity contribution in [1.29, 1.82) is 0 Å². The molecular formula is C19H25FN2O2. The Morgan fingerprint density at radius 1 is 1.21 bits per heavy atom. The lowest BCUT2D eigenvalue weighted by atomic mass is 9.88. The molecule has 1 spiro atoms. The van der Waals surface area contributed by atoms with E-state index < -0.39 is 0 Å². The number of amides is 1. The summed E-state index contributed by atoms with van der Waals surface area (Å²) >= 11 is 0. The Hall–Kier alpha value is -1.46. The average molecular weight is 332 g/mol. The lowest BCUT2D eigenvalue weighted by molar-refractivity contribution is -0.191. The first-order valence-corrected chi connectivity index (χ1v) is 9.00. The van der Waals surface area contributed by atoms with E-state index in [4.69, 9.17) is 4.74 Å². The van der Waals surface area contributed by atoms with Gasteiger partial charge in [-0.15, -0.1) is 0 Å². The van der Waals surface area contributed by atoms with Gasteiger partial charge in [-0.1, -0.05) is 12.1 Å². The zero-order chi connectivity index (χ0) is 16.7. The molecule has 4 nitrogen and oxygen atoms in total. The summed E-state index contributed by atoms with van der Waals surface area (Å²) in [6.07, 6.45) is 3.88. The molecule has 1 aliphatic carbocycles. The van der Waals surface area contributed by atoms with Crippen molar-refractivity contribution in [2.24, 2.45) is 0 Å². The minimum atomic E-state index is -0.317. The van der Waals surface area contributed by atoms with Gasteiger partial charge in [0.25, 0.3) is 5.91 Å². The topological polar surface area (TPSA) is 32.8 Å². The van der Waals surface area contributed by atoms with Crippen molar-refractivity contribution in [3.05, 3.63) is 35.6 Å². The number of halogens is 1. The molecule has 24 heavy (non-hydrogen) atoms. The summed E-state index contributed by atoms with van der Waals surface area (Å²) in [5.74, 6) is -0.0253. The molecule has 2 saturated heterocycles. The smallest absolute Gasteiger partial charge is 0.251 e. The number of rotatable bonds is 3. The number of morpholine rings is 1. The molecule has 0 unspecified atom stereocenters. The third-order valence-corrected chi connectivity index (χ3v) is 5.59. The van der Waals surface area contributed by atoms with E-state index >= 15 is 0 Å². The van der Waals surface area contributed by atoms with E-state index in [1.165, 1.54) is 12.1 Å². The number of hydrogen-bond donors (Lipinski definition) is 0. The van der Waals surface area contributed by atoms with Gasteiger partial charge in [0.2, 0.25) is 0 Å². The molecule has 1 aromatic carbocycles. The first kappa shape index (κ1) is 16.0. The third-order valence-electron chi connectivity index (χ3n) is 5.59. The highest BCUT2D eigenvalue weighted by molar-refractivity contribution is 5.82. The van der Waals surface area contributed by atoms with Crippen molar-refractivity contribution >= 4 is 5.91 Å². The average Bonchev–Trinajstić information content (AvgIpc) is 3.40. The van der Waals surface area contributed by atoms with Gasteiger partial charge in [-0.2, -0.15) is 0 Å². The lowest BCUT2D eigenvalue weighted by Gasteiger charge is -2.49. The molecule has 1 aromatic rings. The largest absolute Gasteiger partial charge is 0.360 e. The van der Waals surface area contributed by atoms with Gasteiger partial charge >= 0.3 is 0 Å². The van der Waals surface area contributed by atoms with Crippen LogP contribution in [-0.4, -0.2) is 53.1 Å². The molecule has 3 fully saturated rings. The number of benzene rings is 1. The lowest BCUT2D eigenvalue weighted by Crippen LogP contribution is -2.61. The van der Waals surface area contributed by atoms with E-state index in [2.05, 4.69) is 9.80 Å². The highest BCUT2D eigenvalue weighted by atomic mass is 19.1. The second-order valence-electron chi connectivity index (χ2n) is 7.54. The molecule has 1 saturated carbocycles. The van der Waals surface area contributed by atoms with Crippen molar-refractivity contribution in [2.45, 2.75) is 56.9 Å². The Balaban J connectivity index is 1.38. The molecule has 2 aliphatic heterocycles. The fraction of sp³-hybridized carbons (Fsp3) is 0.632. The molecule has 0 radical (unpaired) electrons. The minimum absolute atomic E-state index is 0.164. The molecule has 0 aromatic heterocycles. The normalized spacial score (nSPS) is 27.7. The number of ether oxygens (including phenoxy) is 1. The van der Waals surface area contributed by atoms with E-state index in [-0.39, 0.29) is 23.4 Å². The summed E-state index contributed by atoms with van der Waals surface area (Å²) in [6, 6.07) is 7.20. The quantitative estimate of drug-likeness (QED) is 0.853. The van der Waals surface area contributed by atoms with Gasteiger partial charge in [-0.25, -0.2) is 4.39 Å². The maximum atomic E-state index is 13.0. The molecule has 1 atom stereocenters.